The van der Waals surface area contributed by atoms with Crippen molar-refractivity contribution in [2.75, 3.05) is 6.54 Å². The Morgan fingerprint density at radius 2 is 2.30 bits per heavy atom. The Morgan fingerprint density at radius 1 is 1.55 bits per heavy atom. The van der Waals surface area contributed by atoms with E-state index in [0.717, 1.165) is 16.9 Å². The van der Waals surface area contributed by atoms with Gasteiger partial charge in [-0.3, -0.25) is 4.79 Å². The molecule has 1 amide bonds. The number of hydrogen-bond acceptors (Lipinski definition) is 4. The summed E-state index contributed by atoms with van der Waals surface area (Å²) in [5, 5.41) is 9.05. The second-order valence-electron chi connectivity index (χ2n) is 4.40. The number of nitrogens with zero attached hydrogens (tertiary/aromatic N) is 3. The van der Waals surface area contributed by atoms with Gasteiger partial charge in [0.2, 0.25) is 0 Å². The van der Waals surface area contributed by atoms with Crippen LogP contribution in [0.3, 0.4) is 0 Å². The third-order valence-corrected chi connectivity index (χ3v) is 3.86. The number of alkyl halides is 2. The Hall–Kier alpha value is -1.83. The van der Waals surface area contributed by atoms with Crippen molar-refractivity contribution in [3.8, 4) is 0 Å². The number of halogens is 2. The molecule has 1 atom stereocenters. The predicted octanol–water partition coefficient (Wildman–Crippen LogP) is 2.58. The van der Waals surface area contributed by atoms with Crippen molar-refractivity contribution < 1.29 is 13.6 Å². The van der Waals surface area contributed by atoms with Gasteiger partial charge in [0.15, 0.2) is 0 Å². The van der Waals surface area contributed by atoms with Crippen LogP contribution in [0.2, 0.25) is 0 Å². The summed E-state index contributed by atoms with van der Waals surface area (Å²) in [6.45, 7) is 1.49. The average Bonchev–Trinajstić information content (AvgIpc) is 3.04. The normalized spacial score (nSPS) is 12.7. The third kappa shape index (κ3) is 3.38. The number of rotatable bonds is 5. The number of aryl methyl sites for hydroxylation is 1. The van der Waals surface area contributed by atoms with Crippen LogP contribution >= 0.6 is 11.3 Å². The highest BCUT2D eigenvalue weighted by atomic mass is 32.1. The molecule has 1 unspecified atom stereocenters. The topological polar surface area (TPSA) is 59.8 Å². The van der Waals surface area contributed by atoms with Gasteiger partial charge in [-0.25, -0.2) is 9.67 Å². The maximum atomic E-state index is 12.3. The fourth-order valence-corrected chi connectivity index (χ4v) is 2.45. The molecular formula is C12H14F2N4OS. The summed E-state index contributed by atoms with van der Waals surface area (Å²) in [5.74, 6) is -0.403. The van der Waals surface area contributed by atoms with Crippen molar-refractivity contribution in [1.82, 2.24) is 20.1 Å². The Balaban J connectivity index is 1.91. The summed E-state index contributed by atoms with van der Waals surface area (Å²) >= 11 is 1.53. The molecule has 108 valence electrons. The van der Waals surface area contributed by atoms with Gasteiger partial charge in [-0.1, -0.05) is 6.92 Å². The van der Waals surface area contributed by atoms with Crippen LogP contribution in [0.4, 0.5) is 8.78 Å². The second kappa shape index (κ2) is 6.08. The number of hydrogen-bond donors (Lipinski definition) is 1. The van der Waals surface area contributed by atoms with Crippen molar-refractivity contribution in [2.24, 2.45) is 0 Å². The first-order valence-electron chi connectivity index (χ1n) is 6.01. The molecule has 0 saturated carbocycles. The molecule has 0 spiro atoms. The minimum Gasteiger partial charge on any atom is -0.350 e. The van der Waals surface area contributed by atoms with Crippen LogP contribution in [0.15, 0.2) is 17.6 Å². The molecule has 1 N–H and O–H groups in total. The highest BCUT2D eigenvalue weighted by Crippen LogP contribution is 2.19. The molecule has 20 heavy (non-hydrogen) atoms. The molecule has 2 aromatic rings. The van der Waals surface area contributed by atoms with E-state index < -0.39 is 12.5 Å². The molecule has 0 aliphatic carbocycles. The summed E-state index contributed by atoms with van der Waals surface area (Å²) in [6, 6.07) is 1.26. The highest BCUT2D eigenvalue weighted by molar-refractivity contribution is 7.09. The Bertz CT molecular complexity index is 596. The van der Waals surface area contributed by atoms with Crippen molar-refractivity contribution in [1.29, 1.82) is 0 Å². The maximum absolute atomic E-state index is 12.3. The molecule has 0 aliphatic rings. The standard InChI is InChI=1S/C12H14F2N4OS/c1-7(11-16-8(2)6-20-11)5-15-10(19)9-3-4-18(17-9)12(13)14/h3-4,6-7,12H,5H2,1-2H3,(H,15,19). The van der Waals surface area contributed by atoms with Crippen molar-refractivity contribution >= 4 is 17.2 Å². The van der Waals surface area contributed by atoms with Crippen LogP contribution in [0.5, 0.6) is 0 Å². The highest BCUT2D eigenvalue weighted by Gasteiger charge is 2.15. The van der Waals surface area contributed by atoms with Gasteiger partial charge in [0, 0.05) is 29.7 Å². The molecule has 0 radical (unpaired) electrons. The van der Waals surface area contributed by atoms with Crippen molar-refractivity contribution in [3.63, 3.8) is 0 Å². The molecule has 2 rings (SSSR count). The molecule has 2 aromatic heterocycles. The van der Waals surface area contributed by atoms with Crippen molar-refractivity contribution in [3.05, 3.63) is 34.0 Å². The van der Waals surface area contributed by atoms with Gasteiger partial charge in [0.05, 0.1) is 5.01 Å². The van der Waals surface area contributed by atoms with E-state index >= 15 is 0 Å². The largest absolute Gasteiger partial charge is 0.350 e. The van der Waals surface area contributed by atoms with E-state index in [1.165, 1.54) is 17.4 Å². The molecule has 5 nitrogen and oxygen atoms in total. The van der Waals surface area contributed by atoms with Crippen molar-refractivity contribution in [2.45, 2.75) is 26.3 Å². The Kier molecular flexibility index (Phi) is 4.43. The van der Waals surface area contributed by atoms with Crippen LogP contribution < -0.4 is 5.32 Å². The maximum Gasteiger partial charge on any atom is 0.333 e. The van der Waals surface area contributed by atoms with Gasteiger partial charge in [0.1, 0.15) is 5.69 Å². The summed E-state index contributed by atoms with van der Waals surface area (Å²) in [6.07, 6.45) is 1.08. The van der Waals surface area contributed by atoms with E-state index in [9.17, 15) is 13.6 Å². The summed E-state index contributed by atoms with van der Waals surface area (Å²) < 4.78 is 25.1. The second-order valence-corrected chi connectivity index (χ2v) is 5.29. The van der Waals surface area contributed by atoms with Crippen LogP contribution in [0.25, 0.3) is 0 Å². The minimum absolute atomic E-state index is 0.0205. The first-order chi connectivity index (χ1) is 9.47. The number of nitrogens with one attached hydrogen (secondary N) is 1. The monoisotopic (exact) mass is 300 g/mol. The lowest BCUT2D eigenvalue weighted by molar-refractivity contribution is 0.0560. The zero-order valence-corrected chi connectivity index (χ0v) is 11.8. The Morgan fingerprint density at radius 3 is 2.85 bits per heavy atom. The summed E-state index contributed by atoms with van der Waals surface area (Å²) in [7, 11) is 0. The molecule has 0 fully saturated rings. The number of carbonyl (C=O) groups excluding carboxylic acids is 1. The van der Waals surface area contributed by atoms with E-state index in [2.05, 4.69) is 15.4 Å². The van der Waals surface area contributed by atoms with Crippen LogP contribution in [-0.2, 0) is 0 Å². The molecule has 2 heterocycles. The van der Waals surface area contributed by atoms with Gasteiger partial charge in [-0.05, 0) is 13.0 Å². The molecular weight excluding hydrogens is 286 g/mol. The number of aromatic nitrogens is 3. The SMILES string of the molecule is Cc1csc(C(C)CNC(=O)c2ccn(C(F)F)n2)n1. The number of amides is 1. The van der Waals surface area contributed by atoms with E-state index in [1.807, 2.05) is 19.2 Å². The lowest BCUT2D eigenvalue weighted by Crippen LogP contribution is -2.28. The first-order valence-corrected chi connectivity index (χ1v) is 6.89. The molecule has 0 saturated heterocycles. The summed E-state index contributed by atoms with van der Waals surface area (Å²) in [4.78, 5) is 16.1. The van der Waals surface area contributed by atoms with Gasteiger partial charge >= 0.3 is 6.55 Å². The van der Waals surface area contributed by atoms with E-state index in [0.29, 0.717) is 11.2 Å². The zero-order chi connectivity index (χ0) is 14.7. The van der Waals surface area contributed by atoms with E-state index in [-0.39, 0.29) is 11.6 Å². The zero-order valence-electron chi connectivity index (χ0n) is 11.0. The lowest BCUT2D eigenvalue weighted by atomic mass is 10.2. The van der Waals surface area contributed by atoms with Gasteiger partial charge in [0.25, 0.3) is 5.91 Å². The first kappa shape index (κ1) is 14.6. The van der Waals surface area contributed by atoms with Gasteiger partial charge < -0.3 is 5.32 Å². The number of thiazole rings is 1. The predicted molar refractivity (Wildman–Crippen MR) is 71.1 cm³/mol. The van der Waals surface area contributed by atoms with Crippen LogP contribution in [0.1, 0.15) is 40.6 Å². The van der Waals surface area contributed by atoms with Gasteiger partial charge in [-0.2, -0.15) is 13.9 Å². The molecule has 0 bridgehead atoms. The van der Waals surface area contributed by atoms with Crippen LogP contribution in [-0.4, -0.2) is 27.2 Å². The summed E-state index contributed by atoms with van der Waals surface area (Å²) in [5.41, 5.74) is 0.923. The van der Waals surface area contributed by atoms with Gasteiger partial charge in [-0.15, -0.1) is 11.3 Å². The number of carbonyl (C=O) groups is 1. The fraction of sp³-hybridized carbons (Fsp3) is 0.417. The molecule has 0 aromatic carbocycles. The van der Waals surface area contributed by atoms with E-state index in [1.54, 1.807) is 0 Å². The fourth-order valence-electron chi connectivity index (χ4n) is 1.59. The average molecular weight is 300 g/mol. The molecule has 8 heteroatoms. The Labute approximate surface area is 118 Å². The third-order valence-electron chi connectivity index (χ3n) is 2.67. The smallest absolute Gasteiger partial charge is 0.333 e. The van der Waals surface area contributed by atoms with E-state index in [4.69, 9.17) is 0 Å². The van der Waals surface area contributed by atoms with Crippen LogP contribution in [0, 0.1) is 6.92 Å². The minimum atomic E-state index is -2.74. The lowest BCUT2D eigenvalue weighted by Gasteiger charge is -2.09. The quantitative estimate of drug-likeness (QED) is 0.923. The molecule has 0 aliphatic heterocycles.